The van der Waals surface area contributed by atoms with Crippen molar-refractivity contribution in [2.45, 2.75) is 23.9 Å². The average molecular weight is 397 g/mol. The Kier molecular flexibility index (Phi) is 6.26. The maximum atomic E-state index is 13.1. The molecule has 0 spiro atoms. The van der Waals surface area contributed by atoms with Gasteiger partial charge in [0.2, 0.25) is 0 Å². The number of ketones is 1. The number of aromatic nitrogens is 3. The number of ether oxygens (including phenoxy) is 1. The first kappa shape index (κ1) is 19.8. The van der Waals surface area contributed by atoms with Crippen LogP contribution in [0.3, 0.4) is 0 Å². The maximum Gasteiger partial charge on any atom is 0.192 e. The number of rotatable bonds is 8. The number of Topliss-reactive ketones (excluding diaryl/α,β-unsaturated/α-hetero) is 1. The van der Waals surface area contributed by atoms with Crippen LogP contribution in [0, 0.1) is 5.82 Å². The summed E-state index contributed by atoms with van der Waals surface area (Å²) in [6, 6.07) is 13.1. The molecule has 3 aromatic rings. The van der Waals surface area contributed by atoms with E-state index in [0.717, 1.165) is 11.3 Å². The van der Waals surface area contributed by atoms with E-state index in [0.29, 0.717) is 23.1 Å². The lowest BCUT2D eigenvalue weighted by Crippen LogP contribution is -2.15. The van der Waals surface area contributed by atoms with Gasteiger partial charge in [-0.25, -0.2) is 4.39 Å². The fraction of sp³-hybridized carbons (Fsp3) is 0.190. The van der Waals surface area contributed by atoms with Gasteiger partial charge >= 0.3 is 0 Å². The molecule has 0 bridgehead atoms. The molecule has 144 valence electrons. The number of halogens is 1. The Morgan fingerprint density at radius 2 is 1.89 bits per heavy atom. The van der Waals surface area contributed by atoms with Gasteiger partial charge in [-0.15, -0.1) is 16.8 Å². The van der Waals surface area contributed by atoms with Crippen LogP contribution in [-0.4, -0.2) is 32.9 Å². The number of methoxy groups -OCH3 is 1. The van der Waals surface area contributed by atoms with Crippen LogP contribution in [0.4, 0.5) is 4.39 Å². The number of hydrogen-bond acceptors (Lipinski definition) is 5. The third kappa shape index (κ3) is 4.31. The van der Waals surface area contributed by atoms with Gasteiger partial charge in [-0.3, -0.25) is 9.36 Å². The molecule has 3 rings (SSSR count). The molecule has 0 N–H and O–H groups in total. The number of carbonyl (C=O) groups excluding carboxylic acids is 1. The van der Waals surface area contributed by atoms with E-state index in [2.05, 4.69) is 16.8 Å². The summed E-state index contributed by atoms with van der Waals surface area (Å²) in [6.07, 6.45) is 1.76. The standard InChI is InChI=1S/C21H20FN3O2S/c1-4-13-25-20(16-7-11-18(27-3)12-8-16)23-24-21(25)28-14(2)19(26)15-5-9-17(22)10-6-15/h4-12,14H,1,13H2,2-3H3/t14-/m1/s1. The van der Waals surface area contributed by atoms with Gasteiger partial charge < -0.3 is 4.74 Å². The van der Waals surface area contributed by atoms with E-state index < -0.39 is 5.25 Å². The number of allylic oxidation sites excluding steroid dienone is 1. The molecule has 0 aliphatic carbocycles. The second kappa shape index (κ2) is 8.84. The molecule has 2 aromatic carbocycles. The van der Waals surface area contributed by atoms with Crippen molar-refractivity contribution in [3.05, 3.63) is 72.6 Å². The summed E-state index contributed by atoms with van der Waals surface area (Å²) >= 11 is 1.31. The molecule has 0 amide bonds. The number of benzene rings is 2. The summed E-state index contributed by atoms with van der Waals surface area (Å²) in [6.45, 7) is 6.11. The molecule has 1 heterocycles. The Balaban J connectivity index is 1.85. The fourth-order valence-corrected chi connectivity index (χ4v) is 3.62. The van der Waals surface area contributed by atoms with Crippen molar-refractivity contribution in [2.24, 2.45) is 0 Å². The summed E-state index contributed by atoms with van der Waals surface area (Å²) in [4.78, 5) is 12.6. The highest BCUT2D eigenvalue weighted by molar-refractivity contribution is 8.00. The minimum absolute atomic E-state index is 0.0934. The monoisotopic (exact) mass is 397 g/mol. The molecule has 5 nitrogen and oxygen atoms in total. The van der Waals surface area contributed by atoms with Crippen LogP contribution in [0.5, 0.6) is 5.75 Å². The van der Waals surface area contributed by atoms with Gasteiger partial charge in [0, 0.05) is 17.7 Å². The first-order valence-electron chi connectivity index (χ1n) is 8.68. The van der Waals surface area contributed by atoms with Gasteiger partial charge in [-0.2, -0.15) is 0 Å². The molecular formula is C21H20FN3O2S. The van der Waals surface area contributed by atoms with E-state index in [-0.39, 0.29) is 11.6 Å². The number of carbonyl (C=O) groups is 1. The van der Waals surface area contributed by atoms with Crippen molar-refractivity contribution in [1.29, 1.82) is 0 Å². The first-order valence-corrected chi connectivity index (χ1v) is 9.56. The van der Waals surface area contributed by atoms with Crippen LogP contribution < -0.4 is 4.74 Å². The van der Waals surface area contributed by atoms with Gasteiger partial charge in [0.15, 0.2) is 16.8 Å². The zero-order valence-electron chi connectivity index (χ0n) is 15.6. The highest BCUT2D eigenvalue weighted by Crippen LogP contribution is 2.29. The van der Waals surface area contributed by atoms with Crippen molar-refractivity contribution >= 4 is 17.5 Å². The predicted molar refractivity (Wildman–Crippen MR) is 108 cm³/mol. The Bertz CT molecular complexity index is 968. The summed E-state index contributed by atoms with van der Waals surface area (Å²) in [5.41, 5.74) is 1.35. The maximum absolute atomic E-state index is 13.1. The Morgan fingerprint density at radius 1 is 1.21 bits per heavy atom. The second-order valence-corrected chi connectivity index (χ2v) is 7.37. The number of thioether (sulfide) groups is 1. The lowest BCUT2D eigenvalue weighted by Gasteiger charge is -2.12. The molecule has 1 atom stereocenters. The molecule has 0 aliphatic rings. The average Bonchev–Trinajstić information content (AvgIpc) is 3.10. The van der Waals surface area contributed by atoms with Gasteiger partial charge in [0.05, 0.1) is 12.4 Å². The third-order valence-corrected chi connectivity index (χ3v) is 5.24. The van der Waals surface area contributed by atoms with Crippen LogP contribution in [0.25, 0.3) is 11.4 Å². The highest BCUT2D eigenvalue weighted by atomic mass is 32.2. The van der Waals surface area contributed by atoms with E-state index in [9.17, 15) is 9.18 Å². The van der Waals surface area contributed by atoms with Crippen LogP contribution in [0.1, 0.15) is 17.3 Å². The van der Waals surface area contributed by atoms with E-state index in [1.807, 2.05) is 28.8 Å². The van der Waals surface area contributed by atoms with Crippen molar-refractivity contribution in [3.8, 4) is 17.1 Å². The van der Waals surface area contributed by atoms with Crippen molar-refractivity contribution < 1.29 is 13.9 Å². The van der Waals surface area contributed by atoms with Crippen LogP contribution in [-0.2, 0) is 6.54 Å². The van der Waals surface area contributed by atoms with E-state index in [1.54, 1.807) is 20.1 Å². The highest BCUT2D eigenvalue weighted by Gasteiger charge is 2.21. The van der Waals surface area contributed by atoms with Crippen molar-refractivity contribution in [2.75, 3.05) is 7.11 Å². The normalized spacial score (nSPS) is 11.8. The van der Waals surface area contributed by atoms with Gasteiger partial charge in [-0.05, 0) is 55.5 Å². The Hall–Kier alpha value is -2.93. The molecule has 0 saturated heterocycles. The largest absolute Gasteiger partial charge is 0.497 e. The Labute approximate surface area is 167 Å². The van der Waals surface area contributed by atoms with Gasteiger partial charge in [0.1, 0.15) is 11.6 Å². The molecule has 0 saturated carbocycles. The smallest absolute Gasteiger partial charge is 0.192 e. The molecule has 0 fully saturated rings. The fourth-order valence-electron chi connectivity index (χ4n) is 2.68. The van der Waals surface area contributed by atoms with Gasteiger partial charge in [0.25, 0.3) is 0 Å². The minimum Gasteiger partial charge on any atom is -0.497 e. The zero-order valence-corrected chi connectivity index (χ0v) is 16.4. The summed E-state index contributed by atoms with van der Waals surface area (Å²) < 4.78 is 20.2. The van der Waals surface area contributed by atoms with Crippen molar-refractivity contribution in [1.82, 2.24) is 14.8 Å². The molecule has 0 radical (unpaired) electrons. The number of nitrogens with zero attached hydrogens (tertiary/aromatic N) is 3. The zero-order chi connectivity index (χ0) is 20.1. The topological polar surface area (TPSA) is 57.0 Å². The van der Waals surface area contributed by atoms with E-state index in [1.165, 1.54) is 36.0 Å². The van der Waals surface area contributed by atoms with Crippen LogP contribution in [0.15, 0.2) is 66.3 Å². The van der Waals surface area contributed by atoms with E-state index in [4.69, 9.17) is 4.74 Å². The molecule has 28 heavy (non-hydrogen) atoms. The lowest BCUT2D eigenvalue weighted by atomic mass is 10.1. The molecule has 1 aromatic heterocycles. The van der Waals surface area contributed by atoms with Crippen LogP contribution in [0.2, 0.25) is 0 Å². The first-order chi connectivity index (χ1) is 13.5. The SMILES string of the molecule is C=CCn1c(S[C@H](C)C(=O)c2ccc(F)cc2)nnc1-c1ccc(OC)cc1. The lowest BCUT2D eigenvalue weighted by molar-refractivity contribution is 0.0994. The molecule has 0 unspecified atom stereocenters. The Morgan fingerprint density at radius 3 is 2.50 bits per heavy atom. The quantitative estimate of drug-likeness (QED) is 0.315. The third-order valence-electron chi connectivity index (χ3n) is 4.16. The molecular weight excluding hydrogens is 377 g/mol. The second-order valence-electron chi connectivity index (χ2n) is 6.07. The summed E-state index contributed by atoms with van der Waals surface area (Å²) in [5, 5.41) is 8.79. The van der Waals surface area contributed by atoms with Crippen LogP contribution >= 0.6 is 11.8 Å². The summed E-state index contributed by atoms with van der Waals surface area (Å²) in [7, 11) is 1.61. The summed E-state index contributed by atoms with van der Waals surface area (Å²) in [5.74, 6) is 0.981. The van der Waals surface area contributed by atoms with Gasteiger partial charge in [-0.1, -0.05) is 17.8 Å². The predicted octanol–water partition coefficient (Wildman–Crippen LogP) is 4.64. The molecule has 7 heteroatoms. The van der Waals surface area contributed by atoms with Crippen molar-refractivity contribution in [3.63, 3.8) is 0 Å². The number of hydrogen-bond donors (Lipinski definition) is 0. The van der Waals surface area contributed by atoms with E-state index >= 15 is 0 Å². The molecule has 0 aliphatic heterocycles. The minimum atomic E-state index is -0.401.